The molecule has 0 atom stereocenters. The molecule has 1 aliphatic rings. The average molecular weight is 401 g/mol. The monoisotopic (exact) mass is 400 g/mol. The molecule has 1 aromatic carbocycles. The lowest BCUT2D eigenvalue weighted by Gasteiger charge is -2.30. The van der Waals surface area contributed by atoms with Gasteiger partial charge in [0.2, 0.25) is 10.0 Å². The van der Waals surface area contributed by atoms with Crippen molar-refractivity contribution in [2.24, 2.45) is 5.92 Å². The largest absolute Gasteiger partial charge is 0.377 e. The van der Waals surface area contributed by atoms with Gasteiger partial charge in [-0.3, -0.25) is 0 Å². The Morgan fingerprint density at radius 3 is 2.58 bits per heavy atom. The van der Waals surface area contributed by atoms with Crippen LogP contribution in [0.25, 0.3) is 0 Å². The fourth-order valence-electron chi connectivity index (χ4n) is 2.99. The topological polar surface area (TPSA) is 58.2 Å². The first-order valence-corrected chi connectivity index (χ1v) is 11.4. The van der Waals surface area contributed by atoms with E-state index >= 15 is 0 Å². The normalized spacial score (nSPS) is 21.0. The Bertz CT molecular complexity index is 727. The van der Waals surface area contributed by atoms with Crippen LogP contribution in [0, 0.1) is 18.7 Å². The van der Waals surface area contributed by atoms with Crippen molar-refractivity contribution in [2.75, 3.05) is 6.54 Å². The number of hydrogen-bond donors (Lipinski definition) is 2. The summed E-state index contributed by atoms with van der Waals surface area (Å²) in [6.07, 6.45) is 3.93. The van der Waals surface area contributed by atoms with E-state index in [1.807, 2.05) is 6.92 Å². The third kappa shape index (κ3) is 6.28. The molecular weight excluding hydrogens is 371 g/mol. The molecule has 7 heteroatoms. The number of aryl methyl sites for hydroxylation is 1. The van der Waals surface area contributed by atoms with E-state index in [-0.39, 0.29) is 5.82 Å². The van der Waals surface area contributed by atoms with Gasteiger partial charge in [-0.1, -0.05) is 24.4 Å². The Labute approximate surface area is 161 Å². The Morgan fingerprint density at radius 1 is 1.31 bits per heavy atom. The van der Waals surface area contributed by atoms with E-state index < -0.39 is 15.3 Å². The van der Waals surface area contributed by atoms with Crippen molar-refractivity contribution in [3.63, 3.8) is 0 Å². The first-order chi connectivity index (χ1) is 12.2. The van der Waals surface area contributed by atoms with Gasteiger partial charge in [0.25, 0.3) is 0 Å². The minimum Gasteiger partial charge on any atom is -0.377 e. The molecular formula is C19H29FN2O2S2. The first kappa shape index (κ1) is 21.3. The summed E-state index contributed by atoms with van der Waals surface area (Å²) in [6, 6.07) is 5.10. The van der Waals surface area contributed by atoms with Gasteiger partial charge < -0.3 is 5.32 Å². The highest BCUT2D eigenvalue weighted by molar-refractivity contribution is 8.03. The quantitative estimate of drug-likeness (QED) is 0.643. The van der Waals surface area contributed by atoms with Crippen molar-refractivity contribution in [1.29, 1.82) is 0 Å². The predicted octanol–water partition coefficient (Wildman–Crippen LogP) is 4.17. The number of thioether (sulfide) groups is 1. The molecule has 2 rings (SSSR count). The summed E-state index contributed by atoms with van der Waals surface area (Å²) < 4.78 is 39.8. The lowest BCUT2D eigenvalue weighted by atomic mass is 9.86. The minimum atomic E-state index is -3.19. The molecule has 0 radical (unpaired) electrons. The molecule has 0 aromatic heterocycles. The smallest absolute Gasteiger partial charge is 0.213 e. The second-order valence-corrected chi connectivity index (χ2v) is 10.7. The molecule has 1 aliphatic carbocycles. The maximum Gasteiger partial charge on any atom is 0.213 e. The summed E-state index contributed by atoms with van der Waals surface area (Å²) in [7, 11) is -3.19. The Kier molecular flexibility index (Phi) is 7.55. The standard InChI is InChI=1S/C19H29FN2O2S2/c1-13(2)26(23,24)21-12-16-6-9-18(10-7-16)22-15(4)25-19-11-17(20)8-5-14(19)3/h5,8,11,13,16,18,21-22H,4,6-7,9-10,12H2,1-3H3. The van der Waals surface area contributed by atoms with Gasteiger partial charge in [-0.25, -0.2) is 17.5 Å². The van der Waals surface area contributed by atoms with Gasteiger partial charge in [-0.05, 0) is 70.1 Å². The number of sulfonamides is 1. The molecule has 0 spiro atoms. The first-order valence-electron chi connectivity index (χ1n) is 9.05. The van der Waals surface area contributed by atoms with Crippen molar-refractivity contribution >= 4 is 21.8 Å². The third-order valence-corrected chi connectivity index (χ3v) is 7.62. The summed E-state index contributed by atoms with van der Waals surface area (Å²) in [5, 5.41) is 3.86. The minimum absolute atomic E-state index is 0.241. The molecule has 0 bridgehead atoms. The zero-order valence-electron chi connectivity index (χ0n) is 15.7. The second-order valence-electron chi connectivity index (χ2n) is 7.24. The molecule has 146 valence electrons. The molecule has 4 nitrogen and oxygen atoms in total. The highest BCUT2D eigenvalue weighted by Gasteiger charge is 2.24. The summed E-state index contributed by atoms with van der Waals surface area (Å²) in [5.41, 5.74) is 1.03. The van der Waals surface area contributed by atoms with Gasteiger partial charge >= 0.3 is 0 Å². The Hall–Kier alpha value is -1.05. The van der Waals surface area contributed by atoms with Gasteiger partial charge in [0.15, 0.2) is 0 Å². The van der Waals surface area contributed by atoms with E-state index in [0.29, 0.717) is 18.5 Å². The van der Waals surface area contributed by atoms with Crippen LogP contribution in [0.2, 0.25) is 0 Å². The number of halogens is 1. The SMILES string of the molecule is C=C(NC1CCC(CNS(=O)(=O)C(C)C)CC1)Sc1cc(F)ccc1C. The number of benzene rings is 1. The molecule has 0 saturated heterocycles. The molecule has 1 aromatic rings. The fraction of sp³-hybridized carbons (Fsp3) is 0.579. The zero-order valence-corrected chi connectivity index (χ0v) is 17.4. The number of rotatable bonds is 8. The number of hydrogen-bond acceptors (Lipinski definition) is 4. The van der Waals surface area contributed by atoms with Crippen LogP contribution >= 0.6 is 11.8 Å². The molecule has 0 heterocycles. The van der Waals surface area contributed by atoms with Crippen molar-refractivity contribution in [1.82, 2.24) is 10.0 Å². The second kappa shape index (κ2) is 9.24. The van der Waals surface area contributed by atoms with Gasteiger partial charge in [0.1, 0.15) is 5.82 Å². The fourth-order valence-corrected chi connectivity index (χ4v) is 4.68. The van der Waals surface area contributed by atoms with Crippen LogP contribution in [0.3, 0.4) is 0 Å². The molecule has 1 saturated carbocycles. The molecule has 0 amide bonds. The Morgan fingerprint density at radius 2 is 1.96 bits per heavy atom. The summed E-state index contributed by atoms with van der Waals surface area (Å²) >= 11 is 1.46. The van der Waals surface area contributed by atoms with Gasteiger partial charge in [-0.15, -0.1) is 0 Å². The molecule has 2 N–H and O–H groups in total. The molecule has 0 unspecified atom stereocenters. The van der Waals surface area contributed by atoms with Gasteiger partial charge in [0, 0.05) is 17.5 Å². The van der Waals surface area contributed by atoms with Crippen LogP contribution in [-0.4, -0.2) is 26.3 Å². The van der Waals surface area contributed by atoms with Crippen LogP contribution in [0.15, 0.2) is 34.7 Å². The van der Waals surface area contributed by atoms with E-state index in [1.165, 1.54) is 23.9 Å². The van der Waals surface area contributed by atoms with Gasteiger partial charge in [0.05, 0.1) is 10.3 Å². The van der Waals surface area contributed by atoms with Crippen LogP contribution in [0.5, 0.6) is 0 Å². The van der Waals surface area contributed by atoms with Crippen molar-refractivity contribution in [3.05, 3.63) is 41.2 Å². The lowest BCUT2D eigenvalue weighted by Crippen LogP contribution is -2.38. The summed E-state index contributed by atoms with van der Waals surface area (Å²) in [4.78, 5) is 0.874. The van der Waals surface area contributed by atoms with Crippen molar-refractivity contribution in [3.8, 4) is 0 Å². The van der Waals surface area contributed by atoms with E-state index in [4.69, 9.17) is 0 Å². The molecule has 1 fully saturated rings. The highest BCUT2D eigenvalue weighted by atomic mass is 32.2. The summed E-state index contributed by atoms with van der Waals surface area (Å²) in [6.45, 7) is 9.91. The maximum absolute atomic E-state index is 13.4. The van der Waals surface area contributed by atoms with Crippen LogP contribution in [-0.2, 0) is 10.0 Å². The maximum atomic E-state index is 13.4. The van der Waals surface area contributed by atoms with E-state index in [1.54, 1.807) is 19.9 Å². The van der Waals surface area contributed by atoms with E-state index in [0.717, 1.165) is 41.2 Å². The highest BCUT2D eigenvalue weighted by Crippen LogP contribution is 2.30. The van der Waals surface area contributed by atoms with Crippen molar-refractivity contribution < 1.29 is 12.8 Å². The molecule has 0 aliphatic heterocycles. The van der Waals surface area contributed by atoms with Crippen LogP contribution in [0.1, 0.15) is 45.1 Å². The summed E-state index contributed by atoms with van der Waals surface area (Å²) in [5.74, 6) is 0.142. The third-order valence-electron chi connectivity index (χ3n) is 4.79. The predicted molar refractivity (Wildman–Crippen MR) is 107 cm³/mol. The average Bonchev–Trinajstić information content (AvgIpc) is 2.57. The van der Waals surface area contributed by atoms with Crippen LogP contribution in [0.4, 0.5) is 4.39 Å². The number of nitrogens with one attached hydrogen (secondary N) is 2. The van der Waals surface area contributed by atoms with E-state index in [9.17, 15) is 12.8 Å². The van der Waals surface area contributed by atoms with Crippen molar-refractivity contribution in [2.45, 2.75) is 62.6 Å². The Balaban J connectivity index is 1.76. The zero-order chi connectivity index (χ0) is 19.3. The van der Waals surface area contributed by atoms with E-state index in [2.05, 4.69) is 16.6 Å². The molecule has 26 heavy (non-hydrogen) atoms. The van der Waals surface area contributed by atoms with Gasteiger partial charge in [-0.2, -0.15) is 0 Å². The van der Waals surface area contributed by atoms with Crippen LogP contribution < -0.4 is 10.0 Å². The lowest BCUT2D eigenvalue weighted by molar-refractivity contribution is 0.306.